The van der Waals surface area contributed by atoms with E-state index in [1.54, 1.807) is 6.07 Å². The monoisotopic (exact) mass is 264 g/mol. The Balaban J connectivity index is 2.57. The van der Waals surface area contributed by atoms with Crippen molar-refractivity contribution in [2.45, 2.75) is 6.43 Å². The Labute approximate surface area is 87.7 Å². The number of rotatable bonds is 3. The van der Waals surface area contributed by atoms with Gasteiger partial charge in [0.05, 0.1) is 12.1 Å². The van der Waals surface area contributed by atoms with Crippen LogP contribution in [0.15, 0.2) is 22.9 Å². The number of pyridine rings is 1. The number of carbonyl (C=O) groups excluding carboxylic acids is 1. The number of hydrogen-bond acceptors (Lipinski definition) is 2. The number of alkyl halides is 2. The molecule has 0 saturated heterocycles. The summed E-state index contributed by atoms with van der Waals surface area (Å²) < 4.78 is 24.1. The zero-order valence-corrected chi connectivity index (χ0v) is 8.59. The average Bonchev–Trinajstić information content (AvgIpc) is 2.15. The fraction of sp³-hybridized carbons (Fsp3) is 0.250. The van der Waals surface area contributed by atoms with Crippen LogP contribution in [-0.4, -0.2) is 23.9 Å². The molecule has 1 aromatic heterocycles. The van der Waals surface area contributed by atoms with E-state index in [0.29, 0.717) is 4.60 Å². The minimum absolute atomic E-state index is 0.258. The number of aromatic nitrogens is 1. The van der Waals surface area contributed by atoms with Crippen LogP contribution in [0.4, 0.5) is 8.78 Å². The lowest BCUT2D eigenvalue weighted by Gasteiger charge is -2.03. The van der Waals surface area contributed by atoms with Crippen molar-refractivity contribution in [3.8, 4) is 0 Å². The molecule has 0 bridgehead atoms. The van der Waals surface area contributed by atoms with Crippen LogP contribution in [0.5, 0.6) is 0 Å². The number of carbonyl (C=O) groups is 1. The van der Waals surface area contributed by atoms with Crippen molar-refractivity contribution in [1.29, 1.82) is 0 Å². The van der Waals surface area contributed by atoms with Gasteiger partial charge in [0, 0.05) is 6.20 Å². The van der Waals surface area contributed by atoms with Crippen LogP contribution in [0.2, 0.25) is 0 Å². The molecule has 0 radical (unpaired) electrons. The summed E-state index contributed by atoms with van der Waals surface area (Å²) in [6.45, 7) is -0.644. The van der Waals surface area contributed by atoms with E-state index in [2.05, 4.69) is 26.2 Å². The lowest BCUT2D eigenvalue weighted by molar-refractivity contribution is 0.0891. The predicted molar refractivity (Wildman–Crippen MR) is 50.3 cm³/mol. The molecule has 0 aliphatic rings. The minimum atomic E-state index is -2.54. The molecule has 0 unspecified atom stereocenters. The third kappa shape index (κ3) is 3.37. The van der Waals surface area contributed by atoms with Crippen LogP contribution in [0.25, 0.3) is 0 Å². The molecule has 1 N–H and O–H groups in total. The van der Waals surface area contributed by atoms with E-state index >= 15 is 0 Å². The maximum atomic E-state index is 11.7. The number of halogens is 3. The second-order valence-electron chi connectivity index (χ2n) is 2.47. The normalized spacial score (nSPS) is 10.3. The summed E-state index contributed by atoms with van der Waals surface area (Å²) in [6, 6.07) is 3.06. The van der Waals surface area contributed by atoms with Gasteiger partial charge in [0.1, 0.15) is 4.60 Å². The van der Waals surface area contributed by atoms with Crippen molar-refractivity contribution in [2.75, 3.05) is 6.54 Å². The molecule has 0 aliphatic heterocycles. The van der Waals surface area contributed by atoms with Crippen LogP contribution in [0, 0.1) is 0 Å². The van der Waals surface area contributed by atoms with E-state index in [-0.39, 0.29) is 5.56 Å². The van der Waals surface area contributed by atoms with Gasteiger partial charge >= 0.3 is 0 Å². The van der Waals surface area contributed by atoms with Gasteiger partial charge in [0.15, 0.2) is 0 Å². The van der Waals surface area contributed by atoms with Crippen LogP contribution in [-0.2, 0) is 0 Å². The second kappa shape index (κ2) is 4.99. The number of nitrogens with one attached hydrogen (secondary N) is 1. The summed E-state index contributed by atoms with van der Waals surface area (Å²) >= 11 is 3.09. The number of amides is 1. The van der Waals surface area contributed by atoms with Crippen LogP contribution < -0.4 is 5.32 Å². The molecule has 1 amide bonds. The first kappa shape index (κ1) is 11.0. The van der Waals surface area contributed by atoms with Gasteiger partial charge in [-0.15, -0.1) is 0 Å². The van der Waals surface area contributed by atoms with Gasteiger partial charge in [-0.3, -0.25) is 4.79 Å². The second-order valence-corrected chi connectivity index (χ2v) is 3.28. The van der Waals surface area contributed by atoms with Crippen molar-refractivity contribution in [1.82, 2.24) is 10.3 Å². The molecule has 0 spiro atoms. The van der Waals surface area contributed by atoms with Gasteiger partial charge in [-0.1, -0.05) is 0 Å². The molecule has 0 fully saturated rings. The van der Waals surface area contributed by atoms with E-state index in [0.717, 1.165) is 0 Å². The Kier molecular flexibility index (Phi) is 3.94. The average molecular weight is 265 g/mol. The van der Waals surface area contributed by atoms with Crippen LogP contribution in [0.3, 0.4) is 0 Å². The quantitative estimate of drug-likeness (QED) is 0.847. The SMILES string of the molecule is O=C(NCC(F)F)c1ccc(Br)nc1. The highest BCUT2D eigenvalue weighted by Crippen LogP contribution is 2.06. The summed E-state index contributed by atoms with van der Waals surface area (Å²) in [5.41, 5.74) is 0.258. The van der Waals surface area contributed by atoms with Crippen molar-refractivity contribution in [3.63, 3.8) is 0 Å². The molecular weight excluding hydrogens is 258 g/mol. The van der Waals surface area contributed by atoms with E-state index in [1.807, 2.05) is 0 Å². The molecular formula is C8H7BrF2N2O. The number of hydrogen-bond donors (Lipinski definition) is 1. The lowest BCUT2D eigenvalue weighted by atomic mass is 10.3. The maximum absolute atomic E-state index is 11.7. The molecule has 0 saturated carbocycles. The summed E-state index contributed by atoms with van der Waals surface area (Å²) in [7, 11) is 0. The van der Waals surface area contributed by atoms with Gasteiger partial charge in [-0.05, 0) is 28.1 Å². The maximum Gasteiger partial charge on any atom is 0.255 e. The predicted octanol–water partition coefficient (Wildman–Crippen LogP) is 1.84. The van der Waals surface area contributed by atoms with Crippen molar-refractivity contribution in [2.24, 2.45) is 0 Å². The fourth-order valence-corrected chi connectivity index (χ4v) is 1.02. The minimum Gasteiger partial charge on any atom is -0.346 e. The van der Waals surface area contributed by atoms with E-state index < -0.39 is 18.9 Å². The molecule has 1 aromatic rings. The highest BCUT2D eigenvalue weighted by molar-refractivity contribution is 9.10. The van der Waals surface area contributed by atoms with Crippen molar-refractivity contribution < 1.29 is 13.6 Å². The molecule has 1 heterocycles. The molecule has 0 aliphatic carbocycles. The lowest BCUT2D eigenvalue weighted by Crippen LogP contribution is -2.28. The van der Waals surface area contributed by atoms with Crippen molar-refractivity contribution in [3.05, 3.63) is 28.5 Å². The van der Waals surface area contributed by atoms with Gasteiger partial charge < -0.3 is 5.32 Å². The Bertz CT molecular complexity index is 316. The Morgan fingerprint density at radius 2 is 2.29 bits per heavy atom. The largest absolute Gasteiger partial charge is 0.346 e. The Hall–Kier alpha value is -1.04. The highest BCUT2D eigenvalue weighted by atomic mass is 79.9. The summed E-state index contributed by atoms with van der Waals surface area (Å²) in [4.78, 5) is 15.0. The van der Waals surface area contributed by atoms with Crippen molar-refractivity contribution >= 4 is 21.8 Å². The first-order valence-electron chi connectivity index (χ1n) is 3.77. The molecule has 6 heteroatoms. The third-order valence-corrected chi connectivity index (χ3v) is 1.88. The molecule has 3 nitrogen and oxygen atoms in total. The summed E-state index contributed by atoms with van der Waals surface area (Å²) in [5, 5.41) is 2.07. The third-order valence-electron chi connectivity index (χ3n) is 1.41. The van der Waals surface area contributed by atoms with Crippen LogP contribution in [0.1, 0.15) is 10.4 Å². The zero-order valence-electron chi connectivity index (χ0n) is 7.01. The molecule has 0 aromatic carbocycles. The van der Waals surface area contributed by atoms with Gasteiger partial charge in [0.25, 0.3) is 12.3 Å². The molecule has 1 rings (SSSR count). The molecule has 0 atom stereocenters. The summed E-state index contributed by atoms with van der Waals surface area (Å²) in [6.07, 6.45) is -1.23. The Morgan fingerprint density at radius 3 is 2.79 bits per heavy atom. The van der Waals surface area contributed by atoms with Gasteiger partial charge in [-0.2, -0.15) is 0 Å². The van der Waals surface area contributed by atoms with E-state index in [1.165, 1.54) is 12.3 Å². The first-order valence-corrected chi connectivity index (χ1v) is 4.57. The van der Waals surface area contributed by atoms with E-state index in [4.69, 9.17) is 0 Å². The van der Waals surface area contributed by atoms with Crippen LogP contribution >= 0.6 is 15.9 Å². The standard InChI is InChI=1S/C8H7BrF2N2O/c9-6-2-1-5(3-12-6)8(14)13-4-7(10)11/h1-3,7H,4H2,(H,13,14). The molecule has 14 heavy (non-hydrogen) atoms. The molecule has 76 valence electrons. The smallest absolute Gasteiger partial charge is 0.255 e. The highest BCUT2D eigenvalue weighted by Gasteiger charge is 2.08. The fourth-order valence-electron chi connectivity index (χ4n) is 0.782. The summed E-state index contributed by atoms with van der Waals surface area (Å²) in [5.74, 6) is -0.551. The van der Waals surface area contributed by atoms with Gasteiger partial charge in [0.2, 0.25) is 0 Å². The first-order chi connectivity index (χ1) is 6.59. The van der Waals surface area contributed by atoms with E-state index in [9.17, 15) is 13.6 Å². The Morgan fingerprint density at radius 1 is 1.57 bits per heavy atom. The zero-order chi connectivity index (χ0) is 10.6. The van der Waals surface area contributed by atoms with Gasteiger partial charge in [-0.25, -0.2) is 13.8 Å². The number of nitrogens with zero attached hydrogens (tertiary/aromatic N) is 1. The topological polar surface area (TPSA) is 42.0 Å².